The molecule has 1 unspecified atom stereocenters. The van der Waals surface area contributed by atoms with E-state index >= 15 is 0 Å². The third-order valence-corrected chi connectivity index (χ3v) is 7.41. The minimum Gasteiger partial charge on any atom is -0.480 e. The van der Waals surface area contributed by atoms with E-state index in [1.807, 2.05) is 11.8 Å². The Morgan fingerprint density at radius 3 is 2.86 bits per heavy atom. The van der Waals surface area contributed by atoms with Gasteiger partial charge in [0.2, 0.25) is 11.7 Å². The molecule has 1 aliphatic carbocycles. The fraction of sp³-hybridized carbons (Fsp3) is 0.480. The number of nitrogens with one attached hydrogen (secondary N) is 2. The first-order valence-corrected chi connectivity index (χ1v) is 12.7. The van der Waals surface area contributed by atoms with E-state index in [1.165, 1.54) is 4.57 Å². The van der Waals surface area contributed by atoms with Crippen molar-refractivity contribution in [1.29, 1.82) is 0 Å². The number of rotatable bonds is 4. The van der Waals surface area contributed by atoms with Crippen LogP contribution in [0.15, 0.2) is 29.2 Å². The lowest BCUT2D eigenvalue weighted by Gasteiger charge is -2.31. The van der Waals surface area contributed by atoms with Crippen molar-refractivity contribution in [3.63, 3.8) is 0 Å². The average molecular weight is 533 g/mol. The maximum atomic E-state index is 14.9. The number of hydrogen-bond donors (Lipinski definition) is 2. The predicted octanol–water partition coefficient (Wildman–Crippen LogP) is 4.17. The van der Waals surface area contributed by atoms with Gasteiger partial charge in [-0.05, 0) is 43.9 Å². The van der Waals surface area contributed by atoms with Crippen LogP contribution in [-0.2, 0) is 11.8 Å². The summed E-state index contributed by atoms with van der Waals surface area (Å²) in [5.74, 6) is -2.42. The summed E-state index contributed by atoms with van der Waals surface area (Å²) >= 11 is 6.42. The van der Waals surface area contributed by atoms with Gasteiger partial charge in [-0.3, -0.25) is 4.79 Å². The Morgan fingerprint density at radius 2 is 2.11 bits per heavy atom. The molecular weight excluding hydrogens is 506 g/mol. The molecule has 3 aromatic rings. The summed E-state index contributed by atoms with van der Waals surface area (Å²) in [6, 6.07) is 4.23. The molecule has 37 heavy (non-hydrogen) atoms. The maximum Gasteiger partial charge on any atom is 0.301 e. The second kappa shape index (κ2) is 8.98. The molecule has 0 bridgehead atoms. The fourth-order valence-corrected chi connectivity index (χ4v) is 5.16. The molecular formula is C25H27ClF2N6O3. The van der Waals surface area contributed by atoms with E-state index < -0.39 is 24.1 Å². The first-order chi connectivity index (χ1) is 17.7. The third-order valence-electron chi connectivity index (χ3n) is 7.13. The fourth-order valence-electron chi connectivity index (χ4n) is 5.02. The minimum absolute atomic E-state index is 0.0633. The molecule has 2 N–H and O–H groups in total. The number of benzene rings is 1. The Morgan fingerprint density at radius 1 is 1.30 bits per heavy atom. The molecule has 2 aromatic heterocycles. The molecule has 0 radical (unpaired) electrons. The van der Waals surface area contributed by atoms with Crippen molar-refractivity contribution in [2.75, 3.05) is 41.8 Å². The molecule has 1 saturated carbocycles. The average Bonchev–Trinajstić information content (AvgIpc) is 3.71. The summed E-state index contributed by atoms with van der Waals surface area (Å²) in [4.78, 5) is 24.0. The summed E-state index contributed by atoms with van der Waals surface area (Å²) in [7, 11) is 1.60. The number of aryl methyl sites for hydroxylation is 1. The lowest BCUT2D eigenvalue weighted by molar-refractivity contribution is -0.0579. The van der Waals surface area contributed by atoms with Crippen molar-refractivity contribution in [1.82, 2.24) is 14.5 Å². The third kappa shape index (κ3) is 4.44. The van der Waals surface area contributed by atoms with Crippen LogP contribution in [0.25, 0.3) is 10.9 Å². The van der Waals surface area contributed by atoms with Gasteiger partial charge in [-0.25, -0.2) is 13.8 Å². The Balaban J connectivity index is 1.39. The number of halogens is 3. The predicted molar refractivity (Wildman–Crippen MR) is 138 cm³/mol. The van der Waals surface area contributed by atoms with Crippen molar-refractivity contribution in [2.24, 2.45) is 13.0 Å². The highest BCUT2D eigenvalue weighted by molar-refractivity contribution is 6.32. The lowest BCUT2D eigenvalue weighted by atomic mass is 10.0. The van der Waals surface area contributed by atoms with E-state index in [4.69, 9.17) is 21.1 Å². The van der Waals surface area contributed by atoms with Crippen molar-refractivity contribution in [3.8, 4) is 5.75 Å². The zero-order valence-electron chi connectivity index (χ0n) is 20.4. The summed E-state index contributed by atoms with van der Waals surface area (Å²) in [5.41, 5.74) is 1.02. The Hall–Kier alpha value is -3.18. The van der Waals surface area contributed by atoms with Gasteiger partial charge in [0.15, 0.2) is 12.4 Å². The van der Waals surface area contributed by atoms with Crippen LogP contribution in [0, 0.1) is 5.92 Å². The highest BCUT2D eigenvalue weighted by Gasteiger charge is 2.51. The number of hydrogen-bond acceptors (Lipinski definition) is 8. The van der Waals surface area contributed by atoms with Crippen molar-refractivity contribution >= 4 is 45.6 Å². The van der Waals surface area contributed by atoms with Gasteiger partial charge in [0.1, 0.15) is 5.02 Å². The van der Waals surface area contributed by atoms with Gasteiger partial charge < -0.3 is 29.6 Å². The molecule has 2 atom stereocenters. The van der Waals surface area contributed by atoms with Gasteiger partial charge in [0, 0.05) is 31.2 Å². The highest BCUT2D eigenvalue weighted by atomic mass is 35.5. The summed E-state index contributed by atoms with van der Waals surface area (Å²) in [6.45, 7) is 3.07. The molecule has 3 aliphatic rings. The largest absolute Gasteiger partial charge is 0.480 e. The highest BCUT2D eigenvalue weighted by Crippen LogP contribution is 2.45. The summed E-state index contributed by atoms with van der Waals surface area (Å²) < 4.78 is 42.2. The Kier molecular flexibility index (Phi) is 5.87. The number of anilines is 4. The van der Waals surface area contributed by atoms with Gasteiger partial charge in [0.25, 0.3) is 5.56 Å². The van der Waals surface area contributed by atoms with Crippen LogP contribution in [0.1, 0.15) is 19.8 Å². The maximum absolute atomic E-state index is 14.9. The number of aromatic nitrogens is 3. The van der Waals surface area contributed by atoms with Crippen LogP contribution in [0.4, 0.5) is 31.9 Å². The first kappa shape index (κ1) is 24.2. The number of alkyl halides is 2. The van der Waals surface area contributed by atoms with Gasteiger partial charge in [0.05, 0.1) is 36.2 Å². The van der Waals surface area contributed by atoms with Crippen LogP contribution < -0.4 is 25.8 Å². The lowest BCUT2D eigenvalue weighted by Crippen LogP contribution is -2.44. The van der Waals surface area contributed by atoms with Gasteiger partial charge >= 0.3 is 5.92 Å². The summed E-state index contributed by atoms with van der Waals surface area (Å²) in [6.07, 6.45) is 3.04. The van der Waals surface area contributed by atoms with Crippen molar-refractivity contribution in [2.45, 2.75) is 37.8 Å². The molecule has 4 heterocycles. The topological polar surface area (TPSA) is 93.5 Å². The molecule has 2 aliphatic heterocycles. The van der Waals surface area contributed by atoms with E-state index in [1.54, 1.807) is 31.4 Å². The van der Waals surface area contributed by atoms with Crippen LogP contribution in [0.5, 0.6) is 5.75 Å². The van der Waals surface area contributed by atoms with E-state index in [0.717, 1.165) is 0 Å². The first-order valence-electron chi connectivity index (χ1n) is 12.3. The van der Waals surface area contributed by atoms with Crippen LogP contribution in [0.3, 0.4) is 0 Å². The number of pyridine rings is 1. The second-order valence-electron chi connectivity index (χ2n) is 9.93. The van der Waals surface area contributed by atoms with Crippen molar-refractivity contribution in [3.05, 3.63) is 39.8 Å². The van der Waals surface area contributed by atoms with Gasteiger partial charge in [-0.15, -0.1) is 0 Å². The molecule has 2 fully saturated rings. The SMILES string of the molecule is C[C@@H]1CN(c2ncc(Cl)c(Nc3ccc4c(c3)c3c(c(=O)n4C)OCC(F)(F)C(C4CC4)N3)n2)CCO1. The number of fused-ring (bicyclic) bond motifs is 3. The van der Waals surface area contributed by atoms with E-state index in [0.29, 0.717) is 65.9 Å². The number of ether oxygens (including phenoxy) is 2. The molecule has 12 heteroatoms. The molecule has 0 spiro atoms. The molecule has 9 nitrogen and oxygen atoms in total. The second-order valence-corrected chi connectivity index (χ2v) is 10.3. The van der Waals surface area contributed by atoms with Crippen LogP contribution in [-0.4, -0.2) is 58.9 Å². The van der Waals surface area contributed by atoms with Crippen LogP contribution in [0.2, 0.25) is 5.02 Å². The molecule has 6 rings (SSSR count). The van der Waals surface area contributed by atoms with Crippen molar-refractivity contribution < 1.29 is 18.3 Å². The zero-order valence-corrected chi connectivity index (χ0v) is 21.2. The van der Waals surface area contributed by atoms with E-state index in [-0.39, 0.29) is 23.5 Å². The van der Waals surface area contributed by atoms with Gasteiger partial charge in [-0.2, -0.15) is 4.98 Å². The zero-order chi connectivity index (χ0) is 25.9. The Bertz CT molecular complexity index is 1430. The molecule has 1 saturated heterocycles. The minimum atomic E-state index is -3.10. The van der Waals surface area contributed by atoms with Crippen LogP contribution >= 0.6 is 11.6 Å². The number of nitrogens with zero attached hydrogens (tertiary/aromatic N) is 4. The van der Waals surface area contributed by atoms with E-state index in [9.17, 15) is 13.6 Å². The smallest absolute Gasteiger partial charge is 0.301 e. The van der Waals surface area contributed by atoms with Gasteiger partial charge in [-0.1, -0.05) is 11.6 Å². The summed E-state index contributed by atoms with van der Waals surface area (Å²) in [5, 5.41) is 7.14. The molecule has 0 amide bonds. The monoisotopic (exact) mass is 532 g/mol. The standard InChI is InChI=1S/C25H27ClF2N6O3/c1-13-11-34(7-8-36-13)24-29-10-17(26)22(32-24)30-15-5-6-18-16(9-15)19-20(23(35)33(18)2)37-12-25(27,28)21(31-19)14-3-4-14/h5-6,9-10,13-14,21,31H,3-4,7-8,11-12H2,1-2H3,(H,29,30,32)/t13-,21?/m1/s1. The van der Waals surface area contributed by atoms with E-state index in [2.05, 4.69) is 20.6 Å². The normalized spacial score (nSPS) is 23.1. The quantitative estimate of drug-likeness (QED) is 0.517. The molecule has 196 valence electrons. The number of morpholine rings is 1. The molecule has 1 aromatic carbocycles. The Labute approximate surface area is 216 Å².